The predicted octanol–water partition coefficient (Wildman–Crippen LogP) is 2.62. The third kappa shape index (κ3) is 5.88. The van der Waals surface area contributed by atoms with Crippen molar-refractivity contribution in [1.82, 2.24) is 19.6 Å². The van der Waals surface area contributed by atoms with E-state index in [1.54, 1.807) is 31.3 Å². The summed E-state index contributed by atoms with van der Waals surface area (Å²) in [5.41, 5.74) is 1.36. The van der Waals surface area contributed by atoms with E-state index in [4.69, 9.17) is 21.6 Å². The number of sulfonamides is 1. The number of piperidine rings is 1. The quantitative estimate of drug-likeness (QED) is 0.717. The highest BCUT2D eigenvalue weighted by Crippen LogP contribution is 2.23. The molecule has 1 aromatic carbocycles. The third-order valence-electron chi connectivity index (χ3n) is 5.00. The van der Waals surface area contributed by atoms with Gasteiger partial charge in [0.25, 0.3) is 0 Å². The molecule has 0 saturated carbocycles. The van der Waals surface area contributed by atoms with Crippen LogP contribution in [0.1, 0.15) is 35.8 Å². The van der Waals surface area contributed by atoms with Crippen molar-refractivity contribution in [3.05, 3.63) is 52.4 Å². The highest BCUT2D eigenvalue weighted by atomic mass is 35.5. The number of rotatable bonds is 7. The number of aromatic nitrogens is 2. The second kappa shape index (κ2) is 9.38. The molecule has 158 valence electrons. The van der Waals surface area contributed by atoms with Crippen LogP contribution in [-0.2, 0) is 22.3 Å². The van der Waals surface area contributed by atoms with Crippen molar-refractivity contribution in [2.75, 3.05) is 39.1 Å². The van der Waals surface area contributed by atoms with Crippen molar-refractivity contribution < 1.29 is 8.42 Å². The van der Waals surface area contributed by atoms with Gasteiger partial charge in [-0.15, -0.1) is 0 Å². The molecule has 0 aliphatic carbocycles. The van der Waals surface area contributed by atoms with Gasteiger partial charge in [-0.05, 0) is 37.1 Å². The standard InChI is InChI=1S/C20H28ClN5O2S/c1-25(2)19-11-18(23-20(24-19)16-7-5-9-22-12-16)13-26(3)29(27,28)14-15-6-4-8-17(21)10-15/h4,6,8,10-11,16,22H,5,7,9,12-14H2,1-3H3/t16-/m0/s1. The lowest BCUT2D eigenvalue weighted by Gasteiger charge is -2.24. The maximum absolute atomic E-state index is 12.8. The van der Waals surface area contributed by atoms with E-state index in [2.05, 4.69) is 5.32 Å². The third-order valence-corrected chi connectivity index (χ3v) is 7.01. The molecule has 1 aliphatic heterocycles. The van der Waals surface area contributed by atoms with Crippen molar-refractivity contribution in [2.45, 2.75) is 31.1 Å². The van der Waals surface area contributed by atoms with Crippen LogP contribution in [0.4, 0.5) is 5.82 Å². The minimum atomic E-state index is -3.51. The summed E-state index contributed by atoms with van der Waals surface area (Å²) >= 11 is 5.99. The zero-order chi connectivity index (χ0) is 21.0. The molecule has 1 N–H and O–H groups in total. The first kappa shape index (κ1) is 22.0. The lowest BCUT2D eigenvalue weighted by molar-refractivity contribution is 0.438. The van der Waals surface area contributed by atoms with Gasteiger partial charge in [-0.1, -0.05) is 23.7 Å². The molecule has 1 aromatic heterocycles. The Balaban J connectivity index is 1.81. The Labute approximate surface area is 178 Å². The molecule has 29 heavy (non-hydrogen) atoms. The Morgan fingerprint density at radius 3 is 2.66 bits per heavy atom. The van der Waals surface area contributed by atoms with Crippen LogP contribution in [0.2, 0.25) is 5.02 Å². The van der Waals surface area contributed by atoms with Crippen LogP contribution in [0.25, 0.3) is 0 Å². The first-order valence-electron chi connectivity index (χ1n) is 9.69. The normalized spacial score (nSPS) is 17.5. The van der Waals surface area contributed by atoms with Gasteiger partial charge in [-0.2, -0.15) is 4.31 Å². The highest BCUT2D eigenvalue weighted by molar-refractivity contribution is 7.88. The van der Waals surface area contributed by atoms with Gasteiger partial charge in [-0.25, -0.2) is 18.4 Å². The Morgan fingerprint density at radius 1 is 1.21 bits per heavy atom. The largest absolute Gasteiger partial charge is 0.363 e. The molecule has 0 spiro atoms. The average Bonchev–Trinajstić information content (AvgIpc) is 2.68. The van der Waals surface area contributed by atoms with Gasteiger partial charge in [0.15, 0.2) is 0 Å². The number of halogens is 1. The molecule has 3 rings (SSSR count). The Kier molecular flexibility index (Phi) is 7.10. The summed E-state index contributed by atoms with van der Waals surface area (Å²) in [5, 5.41) is 3.91. The monoisotopic (exact) mass is 437 g/mol. The summed E-state index contributed by atoms with van der Waals surface area (Å²) in [6, 6.07) is 8.78. The SMILES string of the molecule is CN(C)c1cc(CN(C)S(=O)(=O)Cc2cccc(Cl)c2)nc([C@H]2CCCNC2)n1. The van der Waals surface area contributed by atoms with Gasteiger partial charge in [-0.3, -0.25) is 0 Å². The Hall–Kier alpha value is -1.74. The van der Waals surface area contributed by atoms with Crippen molar-refractivity contribution in [3.8, 4) is 0 Å². The summed E-state index contributed by atoms with van der Waals surface area (Å²) in [4.78, 5) is 11.3. The van der Waals surface area contributed by atoms with Crippen LogP contribution in [0.3, 0.4) is 0 Å². The predicted molar refractivity (Wildman–Crippen MR) is 117 cm³/mol. The molecule has 1 atom stereocenters. The first-order valence-corrected chi connectivity index (χ1v) is 11.7. The van der Waals surface area contributed by atoms with Crippen LogP contribution in [0, 0.1) is 0 Å². The topological polar surface area (TPSA) is 78.4 Å². The average molecular weight is 438 g/mol. The van der Waals surface area contributed by atoms with E-state index in [-0.39, 0.29) is 18.2 Å². The van der Waals surface area contributed by atoms with Crippen LogP contribution in [0.5, 0.6) is 0 Å². The van der Waals surface area contributed by atoms with Gasteiger partial charge < -0.3 is 10.2 Å². The van der Waals surface area contributed by atoms with E-state index in [9.17, 15) is 8.42 Å². The molecule has 9 heteroatoms. The van der Waals surface area contributed by atoms with E-state index >= 15 is 0 Å². The van der Waals surface area contributed by atoms with Crippen molar-refractivity contribution >= 4 is 27.4 Å². The molecule has 2 heterocycles. The molecule has 0 amide bonds. The number of benzene rings is 1. The van der Waals surface area contributed by atoms with E-state index in [1.807, 2.05) is 25.1 Å². The summed E-state index contributed by atoms with van der Waals surface area (Å²) < 4.78 is 27.0. The van der Waals surface area contributed by atoms with Crippen molar-refractivity contribution in [1.29, 1.82) is 0 Å². The second-order valence-electron chi connectivity index (χ2n) is 7.66. The van der Waals surface area contributed by atoms with Gasteiger partial charge in [0.2, 0.25) is 10.0 Å². The lowest BCUT2D eigenvalue weighted by Crippen LogP contribution is -2.31. The van der Waals surface area contributed by atoms with E-state index in [1.165, 1.54) is 4.31 Å². The lowest BCUT2D eigenvalue weighted by atomic mass is 9.99. The zero-order valence-electron chi connectivity index (χ0n) is 17.1. The fourth-order valence-electron chi connectivity index (χ4n) is 3.34. The molecule has 2 aromatic rings. The molecule has 0 bridgehead atoms. The fourth-order valence-corrected chi connectivity index (χ4v) is 4.71. The maximum Gasteiger partial charge on any atom is 0.218 e. The summed E-state index contributed by atoms with van der Waals surface area (Å²) in [5.74, 6) is 1.71. The van der Waals surface area contributed by atoms with Gasteiger partial charge in [0.1, 0.15) is 11.6 Å². The molecule has 1 fully saturated rings. The van der Waals surface area contributed by atoms with E-state index in [0.29, 0.717) is 16.3 Å². The summed E-state index contributed by atoms with van der Waals surface area (Å²) in [7, 11) is 1.92. The molecule has 1 aliphatic rings. The van der Waals surface area contributed by atoms with Crippen LogP contribution >= 0.6 is 11.6 Å². The number of hydrogen-bond acceptors (Lipinski definition) is 6. The van der Waals surface area contributed by atoms with E-state index in [0.717, 1.165) is 37.6 Å². The molecule has 0 unspecified atom stereocenters. The van der Waals surface area contributed by atoms with Crippen molar-refractivity contribution in [2.24, 2.45) is 0 Å². The first-order chi connectivity index (χ1) is 13.7. The van der Waals surface area contributed by atoms with Gasteiger partial charge >= 0.3 is 0 Å². The Bertz CT molecular complexity index is 946. The zero-order valence-corrected chi connectivity index (χ0v) is 18.7. The highest BCUT2D eigenvalue weighted by Gasteiger charge is 2.23. The molecule has 7 nitrogen and oxygen atoms in total. The van der Waals surface area contributed by atoms with Gasteiger partial charge in [0.05, 0.1) is 18.0 Å². The smallest absolute Gasteiger partial charge is 0.218 e. The second-order valence-corrected chi connectivity index (χ2v) is 10.2. The maximum atomic E-state index is 12.8. The van der Waals surface area contributed by atoms with E-state index < -0.39 is 10.0 Å². The van der Waals surface area contributed by atoms with Crippen LogP contribution in [0.15, 0.2) is 30.3 Å². The summed E-state index contributed by atoms with van der Waals surface area (Å²) in [6.07, 6.45) is 2.12. The number of hydrogen-bond donors (Lipinski definition) is 1. The molecular weight excluding hydrogens is 410 g/mol. The molecular formula is C20H28ClN5O2S. The Morgan fingerprint density at radius 2 is 2.00 bits per heavy atom. The van der Waals surface area contributed by atoms with Crippen LogP contribution in [-0.4, -0.2) is 56.9 Å². The van der Waals surface area contributed by atoms with Crippen molar-refractivity contribution in [3.63, 3.8) is 0 Å². The molecule has 0 radical (unpaired) electrons. The number of nitrogens with one attached hydrogen (secondary N) is 1. The summed E-state index contributed by atoms with van der Waals surface area (Å²) in [6.45, 7) is 2.06. The van der Waals surface area contributed by atoms with Gasteiger partial charge in [0, 0.05) is 44.7 Å². The van der Waals surface area contributed by atoms with Crippen LogP contribution < -0.4 is 10.2 Å². The fraction of sp³-hybridized carbons (Fsp3) is 0.500. The minimum absolute atomic E-state index is 0.102. The minimum Gasteiger partial charge on any atom is -0.363 e. The molecule has 1 saturated heterocycles. The number of anilines is 1. The number of nitrogens with zero attached hydrogens (tertiary/aromatic N) is 4.